The van der Waals surface area contributed by atoms with E-state index in [1.807, 2.05) is 56.3 Å². The van der Waals surface area contributed by atoms with E-state index in [0.717, 1.165) is 45.5 Å². The summed E-state index contributed by atoms with van der Waals surface area (Å²) in [6.45, 7) is 6.05. The summed E-state index contributed by atoms with van der Waals surface area (Å²) in [4.78, 5) is 20.4. The van der Waals surface area contributed by atoms with Gasteiger partial charge >= 0.3 is 0 Å². The zero-order chi connectivity index (χ0) is 21.3. The van der Waals surface area contributed by atoms with Crippen LogP contribution in [-0.2, 0) is 4.79 Å². The monoisotopic (exact) mass is 419 g/mol. The number of hydrogen-bond donors (Lipinski definition) is 1. The lowest BCUT2D eigenvalue weighted by Crippen LogP contribution is -2.37. The van der Waals surface area contributed by atoms with Crippen molar-refractivity contribution in [2.24, 2.45) is 4.99 Å². The summed E-state index contributed by atoms with van der Waals surface area (Å²) < 4.78 is 5.57. The Morgan fingerprint density at radius 2 is 1.97 bits per heavy atom. The summed E-state index contributed by atoms with van der Waals surface area (Å²) in [5.74, 6) is 0.671. The van der Waals surface area contributed by atoms with Crippen LogP contribution >= 0.6 is 11.8 Å². The van der Waals surface area contributed by atoms with Gasteiger partial charge in [-0.3, -0.25) is 4.79 Å². The topological polar surface area (TPSA) is 53.9 Å². The number of aryl methyl sites for hydroxylation is 1. The number of benzene rings is 2. The molecule has 0 spiro atoms. The first kappa shape index (κ1) is 20.3. The standard InChI is InChI=1S/C24H25N3O2S/c1-5-19-14-30-24-25-16(3)21(23(28)26-18-9-7-6-8-10-18)22(27(19)24)17-12-11-15(2)20(13-17)29-4/h6-14,22H,5H2,1-4H3,(H,26,28)/t22-/m1/s1. The second-order valence-electron chi connectivity index (χ2n) is 7.30. The number of para-hydroxylation sites is 1. The molecule has 0 radical (unpaired) electrons. The summed E-state index contributed by atoms with van der Waals surface area (Å²) in [6, 6.07) is 15.4. The number of rotatable bonds is 5. The molecule has 2 aromatic carbocycles. The van der Waals surface area contributed by atoms with Gasteiger partial charge in [-0.2, -0.15) is 0 Å². The fraction of sp³-hybridized carbons (Fsp3) is 0.250. The maximum atomic E-state index is 13.4. The Kier molecular flexibility index (Phi) is 5.68. The van der Waals surface area contributed by atoms with Gasteiger partial charge in [-0.1, -0.05) is 49.0 Å². The van der Waals surface area contributed by atoms with Crippen LogP contribution in [0.15, 0.2) is 75.9 Å². The van der Waals surface area contributed by atoms with Crippen LogP contribution in [0.2, 0.25) is 0 Å². The molecule has 2 heterocycles. The fourth-order valence-corrected chi connectivity index (χ4v) is 4.88. The van der Waals surface area contributed by atoms with Crippen LogP contribution in [0.1, 0.15) is 37.4 Å². The van der Waals surface area contributed by atoms with Gasteiger partial charge in [-0.25, -0.2) is 4.99 Å². The minimum atomic E-state index is -0.267. The average Bonchev–Trinajstić information content (AvgIpc) is 3.16. The van der Waals surface area contributed by atoms with Crippen molar-refractivity contribution in [1.82, 2.24) is 4.90 Å². The molecule has 2 aliphatic heterocycles. The van der Waals surface area contributed by atoms with Gasteiger partial charge in [0.25, 0.3) is 5.91 Å². The quantitative estimate of drug-likeness (QED) is 0.683. The maximum absolute atomic E-state index is 13.4. The highest BCUT2D eigenvalue weighted by Crippen LogP contribution is 2.45. The number of amides is 1. The summed E-state index contributed by atoms with van der Waals surface area (Å²) in [6.07, 6.45) is 0.859. The molecule has 0 unspecified atom stereocenters. The number of ether oxygens (including phenoxy) is 1. The Hall–Kier alpha value is -2.99. The van der Waals surface area contributed by atoms with Crippen molar-refractivity contribution in [3.63, 3.8) is 0 Å². The van der Waals surface area contributed by atoms with Crippen LogP contribution in [0.5, 0.6) is 5.75 Å². The highest BCUT2D eigenvalue weighted by molar-refractivity contribution is 8.16. The molecule has 0 saturated heterocycles. The third-order valence-corrected chi connectivity index (χ3v) is 6.28. The number of thioether (sulfide) groups is 1. The Labute approximate surface area is 181 Å². The first-order valence-electron chi connectivity index (χ1n) is 9.98. The molecular weight excluding hydrogens is 394 g/mol. The van der Waals surface area contributed by atoms with Crippen LogP contribution in [0.25, 0.3) is 0 Å². The summed E-state index contributed by atoms with van der Waals surface area (Å²) >= 11 is 1.61. The normalized spacial score (nSPS) is 18.0. The largest absolute Gasteiger partial charge is 0.496 e. The Balaban J connectivity index is 1.82. The molecular formula is C24H25N3O2S. The average molecular weight is 420 g/mol. The van der Waals surface area contributed by atoms with Crippen molar-refractivity contribution in [2.75, 3.05) is 12.4 Å². The second-order valence-corrected chi connectivity index (χ2v) is 8.13. The molecule has 2 aliphatic rings. The van der Waals surface area contributed by atoms with E-state index in [4.69, 9.17) is 9.73 Å². The molecule has 1 atom stereocenters. The van der Waals surface area contributed by atoms with Crippen LogP contribution in [-0.4, -0.2) is 23.1 Å². The van der Waals surface area contributed by atoms with E-state index in [1.54, 1.807) is 18.9 Å². The number of hydrogen-bond acceptors (Lipinski definition) is 5. The molecule has 6 heteroatoms. The number of allylic oxidation sites excluding steroid dienone is 2. The molecule has 154 valence electrons. The fourth-order valence-electron chi connectivity index (χ4n) is 3.83. The molecule has 4 rings (SSSR count). The first-order valence-corrected chi connectivity index (χ1v) is 10.9. The van der Waals surface area contributed by atoms with Gasteiger partial charge in [-0.05, 0) is 55.0 Å². The van der Waals surface area contributed by atoms with E-state index in [2.05, 4.69) is 28.6 Å². The summed E-state index contributed by atoms with van der Waals surface area (Å²) in [5, 5.41) is 6.08. The Bertz CT molecular complexity index is 1070. The molecule has 2 aromatic rings. The zero-order valence-electron chi connectivity index (χ0n) is 17.6. The van der Waals surface area contributed by atoms with Crippen LogP contribution < -0.4 is 10.1 Å². The van der Waals surface area contributed by atoms with E-state index in [0.29, 0.717) is 5.57 Å². The molecule has 1 N–H and O–H groups in total. The predicted molar refractivity (Wildman–Crippen MR) is 123 cm³/mol. The molecule has 5 nitrogen and oxygen atoms in total. The van der Waals surface area contributed by atoms with E-state index in [9.17, 15) is 4.79 Å². The minimum absolute atomic E-state index is 0.140. The molecule has 0 saturated carbocycles. The van der Waals surface area contributed by atoms with Gasteiger partial charge < -0.3 is 15.0 Å². The summed E-state index contributed by atoms with van der Waals surface area (Å²) in [5.41, 5.74) is 5.36. The third kappa shape index (κ3) is 3.63. The number of nitrogens with zero attached hydrogens (tertiary/aromatic N) is 2. The van der Waals surface area contributed by atoms with Crippen LogP contribution in [0.4, 0.5) is 5.69 Å². The summed E-state index contributed by atoms with van der Waals surface area (Å²) in [7, 11) is 1.67. The lowest BCUT2D eigenvalue weighted by molar-refractivity contribution is -0.113. The number of anilines is 1. The van der Waals surface area contributed by atoms with Crippen molar-refractivity contribution < 1.29 is 9.53 Å². The predicted octanol–water partition coefficient (Wildman–Crippen LogP) is 5.63. The number of carbonyl (C=O) groups excluding carboxylic acids is 1. The SMILES string of the molecule is CCC1=CSC2=NC(C)=C(C(=O)Nc3ccccc3)[C@@H](c3ccc(C)c(OC)c3)N12. The lowest BCUT2D eigenvalue weighted by Gasteiger charge is -2.36. The number of nitrogens with one attached hydrogen (secondary N) is 1. The van der Waals surface area contributed by atoms with Gasteiger partial charge in [0.15, 0.2) is 5.17 Å². The highest BCUT2D eigenvalue weighted by Gasteiger charge is 2.39. The third-order valence-electron chi connectivity index (χ3n) is 5.39. The van der Waals surface area contributed by atoms with Crippen LogP contribution in [0.3, 0.4) is 0 Å². The number of methoxy groups -OCH3 is 1. The molecule has 0 bridgehead atoms. The maximum Gasteiger partial charge on any atom is 0.255 e. The Morgan fingerprint density at radius 1 is 1.20 bits per heavy atom. The van der Waals surface area contributed by atoms with Gasteiger partial charge in [0, 0.05) is 11.4 Å². The molecule has 0 aromatic heterocycles. The molecule has 0 fully saturated rings. The molecule has 0 aliphatic carbocycles. The van der Waals surface area contributed by atoms with E-state index in [-0.39, 0.29) is 11.9 Å². The second kappa shape index (κ2) is 8.40. The minimum Gasteiger partial charge on any atom is -0.496 e. The van der Waals surface area contributed by atoms with E-state index < -0.39 is 0 Å². The van der Waals surface area contributed by atoms with Crippen molar-refractivity contribution in [3.8, 4) is 5.75 Å². The van der Waals surface area contributed by atoms with Gasteiger partial charge in [0.05, 0.1) is 24.4 Å². The van der Waals surface area contributed by atoms with Gasteiger partial charge in [0.2, 0.25) is 0 Å². The van der Waals surface area contributed by atoms with Crippen molar-refractivity contribution in [1.29, 1.82) is 0 Å². The van der Waals surface area contributed by atoms with Gasteiger partial charge in [0.1, 0.15) is 5.75 Å². The zero-order valence-corrected chi connectivity index (χ0v) is 18.4. The first-order chi connectivity index (χ1) is 14.5. The molecule has 30 heavy (non-hydrogen) atoms. The van der Waals surface area contributed by atoms with Crippen LogP contribution in [0, 0.1) is 6.92 Å². The van der Waals surface area contributed by atoms with E-state index >= 15 is 0 Å². The number of fused-ring (bicyclic) bond motifs is 1. The van der Waals surface area contributed by atoms with Gasteiger partial charge in [-0.15, -0.1) is 0 Å². The lowest BCUT2D eigenvalue weighted by atomic mass is 9.92. The van der Waals surface area contributed by atoms with Crippen molar-refractivity contribution in [3.05, 3.63) is 82.0 Å². The number of aliphatic imine (C=N–C) groups is 1. The smallest absolute Gasteiger partial charge is 0.255 e. The molecule has 1 amide bonds. The van der Waals surface area contributed by atoms with E-state index in [1.165, 1.54) is 0 Å². The number of amidine groups is 1. The Morgan fingerprint density at radius 3 is 2.67 bits per heavy atom. The van der Waals surface area contributed by atoms with Crippen molar-refractivity contribution >= 4 is 28.5 Å². The van der Waals surface area contributed by atoms with Crippen molar-refractivity contribution in [2.45, 2.75) is 33.2 Å². The number of carbonyl (C=O) groups is 1. The highest BCUT2D eigenvalue weighted by atomic mass is 32.2.